The van der Waals surface area contributed by atoms with Crippen molar-refractivity contribution in [2.24, 2.45) is 0 Å². The van der Waals surface area contributed by atoms with Gasteiger partial charge in [-0.15, -0.1) is 11.3 Å². The maximum atomic E-state index is 4.27. The predicted octanol–water partition coefficient (Wildman–Crippen LogP) is 2.71. The van der Waals surface area contributed by atoms with E-state index >= 15 is 0 Å². The van der Waals surface area contributed by atoms with Crippen LogP contribution in [-0.4, -0.2) is 4.98 Å². The van der Waals surface area contributed by atoms with Gasteiger partial charge >= 0.3 is 0 Å². The molecular formula is C11H13N2S-. The van der Waals surface area contributed by atoms with Gasteiger partial charge in [-0.05, 0) is 13.5 Å². The maximum absolute atomic E-state index is 4.27. The molecule has 2 nitrogen and oxygen atoms in total. The lowest BCUT2D eigenvalue weighted by Gasteiger charge is -2.12. The van der Waals surface area contributed by atoms with E-state index in [0.717, 1.165) is 11.6 Å². The molecule has 0 spiro atoms. The van der Waals surface area contributed by atoms with Gasteiger partial charge in [0.05, 0.1) is 6.04 Å². The lowest BCUT2D eigenvalue weighted by atomic mass is 10.3. The number of hydrogen-bond donors (Lipinski definition) is 1. The molecule has 74 valence electrons. The summed E-state index contributed by atoms with van der Waals surface area (Å²) >= 11 is 1.69. The zero-order chi connectivity index (χ0) is 9.80. The summed E-state index contributed by atoms with van der Waals surface area (Å²) in [7, 11) is 0. The Morgan fingerprint density at radius 1 is 1.64 bits per heavy atom. The van der Waals surface area contributed by atoms with Gasteiger partial charge in [0.1, 0.15) is 5.01 Å². The first kappa shape index (κ1) is 9.49. The van der Waals surface area contributed by atoms with Crippen LogP contribution < -0.4 is 5.32 Å². The lowest BCUT2D eigenvalue weighted by molar-refractivity contribution is 0.572. The van der Waals surface area contributed by atoms with Crippen molar-refractivity contribution in [1.82, 2.24) is 10.3 Å². The molecule has 0 aliphatic carbocycles. The minimum atomic E-state index is 0.338. The average Bonchev–Trinajstić information content (AvgIpc) is 2.87. The van der Waals surface area contributed by atoms with Gasteiger partial charge < -0.3 is 5.32 Å². The molecule has 14 heavy (non-hydrogen) atoms. The van der Waals surface area contributed by atoms with Crippen LogP contribution in [0.3, 0.4) is 0 Å². The molecule has 2 aromatic rings. The van der Waals surface area contributed by atoms with Crippen LogP contribution in [0.5, 0.6) is 0 Å². The molecule has 0 aliphatic heterocycles. The van der Waals surface area contributed by atoms with Crippen molar-refractivity contribution in [1.29, 1.82) is 0 Å². The molecule has 1 aromatic heterocycles. The lowest BCUT2D eigenvalue weighted by Crippen LogP contribution is -2.17. The average molecular weight is 205 g/mol. The Hall–Kier alpha value is -1.06. The molecular weight excluding hydrogens is 192 g/mol. The Morgan fingerprint density at radius 2 is 2.57 bits per heavy atom. The Labute approximate surface area is 88.0 Å². The topological polar surface area (TPSA) is 24.9 Å². The van der Waals surface area contributed by atoms with Crippen LogP contribution >= 0.6 is 11.3 Å². The maximum Gasteiger partial charge on any atom is 0.109 e. The first-order valence-electron chi connectivity index (χ1n) is 4.69. The number of rotatable bonds is 4. The summed E-state index contributed by atoms with van der Waals surface area (Å²) in [6.45, 7) is 3.05. The van der Waals surface area contributed by atoms with E-state index in [1.807, 2.05) is 11.6 Å². The SMILES string of the molecule is CC(NCc1cc[cH-]c1)c1nccs1. The summed E-state index contributed by atoms with van der Waals surface area (Å²) in [4.78, 5) is 4.27. The first-order chi connectivity index (χ1) is 6.86. The van der Waals surface area contributed by atoms with E-state index in [2.05, 4.69) is 41.5 Å². The van der Waals surface area contributed by atoms with Gasteiger partial charge in [0.2, 0.25) is 0 Å². The predicted molar refractivity (Wildman–Crippen MR) is 59.4 cm³/mol. The van der Waals surface area contributed by atoms with E-state index in [1.165, 1.54) is 5.56 Å². The zero-order valence-corrected chi connectivity index (χ0v) is 8.92. The van der Waals surface area contributed by atoms with Crippen LogP contribution in [0.15, 0.2) is 35.8 Å². The summed E-state index contributed by atoms with van der Waals surface area (Å²) < 4.78 is 0. The highest BCUT2D eigenvalue weighted by molar-refractivity contribution is 7.09. The minimum Gasteiger partial charge on any atom is -0.316 e. The van der Waals surface area contributed by atoms with Gasteiger partial charge in [0.15, 0.2) is 0 Å². The fourth-order valence-electron chi connectivity index (χ4n) is 1.34. The van der Waals surface area contributed by atoms with Crippen molar-refractivity contribution in [3.05, 3.63) is 46.4 Å². The van der Waals surface area contributed by atoms with Crippen LogP contribution in [0, 0.1) is 0 Å². The molecule has 0 aliphatic rings. The molecule has 2 rings (SSSR count). The van der Waals surface area contributed by atoms with Gasteiger partial charge in [-0.3, -0.25) is 0 Å². The number of aromatic nitrogens is 1. The molecule has 0 fully saturated rings. The minimum absolute atomic E-state index is 0.338. The van der Waals surface area contributed by atoms with Gasteiger partial charge in [-0.25, -0.2) is 11.1 Å². The number of hydrogen-bond acceptors (Lipinski definition) is 3. The second-order valence-electron chi connectivity index (χ2n) is 3.27. The van der Waals surface area contributed by atoms with Gasteiger partial charge in [-0.1, -0.05) is 0 Å². The Kier molecular flexibility index (Phi) is 3.01. The van der Waals surface area contributed by atoms with Crippen molar-refractivity contribution in [3.8, 4) is 0 Å². The van der Waals surface area contributed by atoms with Crippen LogP contribution in [-0.2, 0) is 6.54 Å². The molecule has 0 saturated carbocycles. The Bertz CT molecular complexity index is 351. The zero-order valence-electron chi connectivity index (χ0n) is 8.10. The molecule has 1 aromatic carbocycles. The number of thiazole rings is 1. The van der Waals surface area contributed by atoms with Gasteiger partial charge in [0, 0.05) is 11.6 Å². The van der Waals surface area contributed by atoms with Crippen molar-refractivity contribution in [2.45, 2.75) is 19.5 Å². The normalized spacial score (nSPS) is 12.9. The Morgan fingerprint density at radius 3 is 3.21 bits per heavy atom. The van der Waals surface area contributed by atoms with Crippen LogP contribution in [0.25, 0.3) is 0 Å². The van der Waals surface area contributed by atoms with Gasteiger partial charge in [0.25, 0.3) is 0 Å². The van der Waals surface area contributed by atoms with E-state index in [4.69, 9.17) is 0 Å². The van der Waals surface area contributed by atoms with Crippen molar-refractivity contribution in [3.63, 3.8) is 0 Å². The fraction of sp³-hybridized carbons (Fsp3) is 0.273. The highest BCUT2D eigenvalue weighted by Crippen LogP contribution is 2.15. The van der Waals surface area contributed by atoms with Crippen molar-refractivity contribution < 1.29 is 0 Å². The molecule has 1 heterocycles. The third-order valence-electron chi connectivity index (χ3n) is 2.17. The largest absolute Gasteiger partial charge is 0.316 e. The molecule has 1 N–H and O–H groups in total. The molecule has 3 heteroatoms. The summed E-state index contributed by atoms with van der Waals surface area (Å²) in [5, 5.41) is 6.59. The molecule has 0 bridgehead atoms. The molecule has 0 saturated heterocycles. The summed E-state index contributed by atoms with van der Waals surface area (Å²) in [6, 6.07) is 8.71. The fourth-order valence-corrected chi connectivity index (χ4v) is 2.01. The van der Waals surface area contributed by atoms with Crippen LogP contribution in [0.1, 0.15) is 23.5 Å². The van der Waals surface area contributed by atoms with Crippen molar-refractivity contribution >= 4 is 11.3 Å². The van der Waals surface area contributed by atoms with E-state index in [-0.39, 0.29) is 0 Å². The summed E-state index contributed by atoms with van der Waals surface area (Å²) in [5.74, 6) is 0. The summed E-state index contributed by atoms with van der Waals surface area (Å²) in [6.07, 6.45) is 1.85. The molecule has 1 unspecified atom stereocenters. The third-order valence-corrected chi connectivity index (χ3v) is 3.12. The first-order valence-corrected chi connectivity index (χ1v) is 5.57. The van der Waals surface area contributed by atoms with E-state index in [9.17, 15) is 0 Å². The molecule has 0 amide bonds. The quantitative estimate of drug-likeness (QED) is 0.776. The van der Waals surface area contributed by atoms with Crippen LogP contribution in [0.4, 0.5) is 0 Å². The second-order valence-corrected chi connectivity index (χ2v) is 4.19. The molecule has 0 radical (unpaired) electrons. The van der Waals surface area contributed by atoms with E-state index < -0.39 is 0 Å². The monoisotopic (exact) mass is 205 g/mol. The smallest absolute Gasteiger partial charge is 0.109 e. The van der Waals surface area contributed by atoms with Crippen LogP contribution in [0.2, 0.25) is 0 Å². The highest BCUT2D eigenvalue weighted by atomic mass is 32.1. The Balaban J connectivity index is 1.87. The number of nitrogens with one attached hydrogen (secondary N) is 1. The third kappa shape index (κ3) is 2.25. The second kappa shape index (κ2) is 4.44. The molecule has 1 atom stereocenters. The standard InChI is InChI=1S/C11H13N2S/c1-9(11-12-6-7-14-11)13-8-10-4-2-3-5-10/h2-7,9,13H,8H2,1H3/q-1. The van der Waals surface area contributed by atoms with E-state index in [1.54, 1.807) is 11.3 Å². The number of nitrogens with zero attached hydrogens (tertiary/aromatic N) is 1. The van der Waals surface area contributed by atoms with E-state index in [0.29, 0.717) is 6.04 Å². The van der Waals surface area contributed by atoms with Crippen molar-refractivity contribution in [2.75, 3.05) is 0 Å². The highest BCUT2D eigenvalue weighted by Gasteiger charge is 2.04. The van der Waals surface area contributed by atoms with Gasteiger partial charge in [-0.2, -0.15) is 23.8 Å². The summed E-state index contributed by atoms with van der Waals surface area (Å²) in [5.41, 5.74) is 1.33.